The second-order valence-corrected chi connectivity index (χ2v) is 3.70. The van der Waals surface area contributed by atoms with Crippen molar-refractivity contribution in [3.8, 4) is 0 Å². The summed E-state index contributed by atoms with van der Waals surface area (Å²) in [4.78, 5) is 22.2. The van der Waals surface area contributed by atoms with Crippen LogP contribution in [0, 0.1) is 0 Å². The summed E-state index contributed by atoms with van der Waals surface area (Å²) in [5, 5.41) is 36.3. The molecule has 4 N–H and O–H groups in total. The monoisotopic (exact) mass is 278 g/mol. The third kappa shape index (κ3) is 5.35. The van der Waals surface area contributed by atoms with Crippen LogP contribution in [0.25, 0.3) is 0 Å². The minimum absolute atomic E-state index is 0.125. The van der Waals surface area contributed by atoms with Crippen molar-refractivity contribution in [2.24, 2.45) is 0 Å². The molecule has 8 heteroatoms. The first-order valence-electron chi connectivity index (χ1n) is 5.42. The zero-order valence-corrected chi connectivity index (χ0v) is 10.4. The van der Waals surface area contributed by atoms with Gasteiger partial charge in [0.05, 0.1) is 6.61 Å². The highest BCUT2D eigenvalue weighted by molar-refractivity contribution is 5.85. The fourth-order valence-corrected chi connectivity index (χ4v) is 1.46. The maximum Gasteiger partial charge on any atom is 0.506 e. The second kappa shape index (κ2) is 8.59. The van der Waals surface area contributed by atoms with Crippen molar-refractivity contribution in [2.45, 2.75) is 30.8 Å². The van der Waals surface area contributed by atoms with Gasteiger partial charge in [-0.15, -0.1) is 6.58 Å². The van der Waals surface area contributed by atoms with Gasteiger partial charge >= 0.3 is 6.16 Å². The third-order valence-corrected chi connectivity index (χ3v) is 2.37. The molecule has 0 bridgehead atoms. The largest absolute Gasteiger partial charge is 0.506 e. The molecule has 4 atom stereocenters. The van der Waals surface area contributed by atoms with Gasteiger partial charge in [0.25, 0.3) is 0 Å². The Morgan fingerprint density at radius 2 is 1.95 bits per heavy atom. The number of ether oxygens (including phenoxy) is 2. The van der Waals surface area contributed by atoms with Crippen molar-refractivity contribution in [1.82, 2.24) is 0 Å². The third-order valence-electron chi connectivity index (χ3n) is 2.37. The maximum atomic E-state index is 11.7. The number of ketones is 1. The summed E-state index contributed by atoms with van der Waals surface area (Å²) in [6.07, 6.45) is -7.13. The Morgan fingerprint density at radius 1 is 1.37 bits per heavy atom. The predicted molar refractivity (Wildman–Crippen MR) is 62.6 cm³/mol. The summed E-state index contributed by atoms with van der Waals surface area (Å²) in [6.45, 7) is 2.52. The molecule has 0 aromatic rings. The number of methoxy groups -OCH3 is 1. The lowest BCUT2D eigenvalue weighted by atomic mass is 9.98. The van der Waals surface area contributed by atoms with Gasteiger partial charge < -0.3 is 29.9 Å². The molecule has 19 heavy (non-hydrogen) atoms. The molecule has 0 saturated heterocycles. The first-order valence-corrected chi connectivity index (χ1v) is 5.42. The lowest BCUT2D eigenvalue weighted by molar-refractivity contribution is -0.153. The van der Waals surface area contributed by atoms with E-state index in [1.54, 1.807) is 0 Å². The van der Waals surface area contributed by atoms with E-state index in [0.717, 1.165) is 7.11 Å². The molecule has 0 amide bonds. The van der Waals surface area contributed by atoms with Gasteiger partial charge in [0.1, 0.15) is 12.2 Å². The first kappa shape index (κ1) is 17.5. The van der Waals surface area contributed by atoms with Crippen LogP contribution in [0.3, 0.4) is 0 Å². The van der Waals surface area contributed by atoms with Crippen molar-refractivity contribution in [2.75, 3.05) is 13.7 Å². The second-order valence-electron chi connectivity index (χ2n) is 3.70. The fraction of sp³-hybridized carbons (Fsp3) is 0.636. The molecule has 0 fully saturated rings. The number of carbonyl (C=O) groups is 2. The van der Waals surface area contributed by atoms with E-state index < -0.39 is 43.0 Å². The molecular formula is C11H18O8. The van der Waals surface area contributed by atoms with E-state index in [1.807, 2.05) is 0 Å². The molecule has 0 heterocycles. The van der Waals surface area contributed by atoms with E-state index >= 15 is 0 Å². The molecule has 0 unspecified atom stereocenters. The molecule has 0 spiro atoms. The average molecular weight is 278 g/mol. The smallest absolute Gasteiger partial charge is 0.450 e. The van der Waals surface area contributed by atoms with Crippen LogP contribution < -0.4 is 0 Å². The van der Waals surface area contributed by atoms with Crippen LogP contribution in [0.5, 0.6) is 0 Å². The van der Waals surface area contributed by atoms with Gasteiger partial charge in [0.2, 0.25) is 0 Å². The molecule has 0 aliphatic rings. The zero-order chi connectivity index (χ0) is 15.0. The van der Waals surface area contributed by atoms with Gasteiger partial charge in [-0.1, -0.05) is 6.08 Å². The number of aliphatic hydroxyl groups is 3. The molecule has 0 aromatic carbocycles. The quantitative estimate of drug-likeness (QED) is 0.309. The average Bonchev–Trinajstić information content (AvgIpc) is 2.36. The highest BCUT2D eigenvalue weighted by Crippen LogP contribution is 2.15. The van der Waals surface area contributed by atoms with Gasteiger partial charge in [0, 0.05) is 13.5 Å². The van der Waals surface area contributed by atoms with E-state index in [0.29, 0.717) is 0 Å². The summed E-state index contributed by atoms with van der Waals surface area (Å²) in [6, 6.07) is 0. The molecule has 8 nitrogen and oxygen atoms in total. The van der Waals surface area contributed by atoms with E-state index in [4.69, 9.17) is 14.9 Å². The fourth-order valence-electron chi connectivity index (χ4n) is 1.46. The number of allylic oxidation sites excluding steroid dienone is 1. The van der Waals surface area contributed by atoms with Crippen LogP contribution in [0.2, 0.25) is 0 Å². The molecule has 0 rings (SSSR count). The summed E-state index contributed by atoms with van der Waals surface area (Å²) in [5.74, 6) is -0.576. The zero-order valence-electron chi connectivity index (χ0n) is 10.4. The van der Waals surface area contributed by atoms with Crippen molar-refractivity contribution in [3.63, 3.8) is 0 Å². The number of hydrogen-bond acceptors (Lipinski definition) is 7. The molecule has 0 aliphatic carbocycles. The summed E-state index contributed by atoms with van der Waals surface area (Å²) in [5.41, 5.74) is 0. The van der Waals surface area contributed by atoms with Crippen LogP contribution in [0.1, 0.15) is 6.42 Å². The topological polar surface area (TPSA) is 134 Å². The molecule has 0 radical (unpaired) electrons. The first-order chi connectivity index (χ1) is 8.88. The number of Topliss-reactive ketones (excluding diaryl/α,β-unsaturated/α-hetero) is 1. The lowest BCUT2D eigenvalue weighted by Gasteiger charge is -2.29. The molecular weight excluding hydrogens is 260 g/mol. The number of hydrogen-bond donors (Lipinski definition) is 4. The number of aliphatic hydroxyl groups excluding tert-OH is 3. The van der Waals surface area contributed by atoms with Gasteiger partial charge in [-0.3, -0.25) is 4.79 Å². The van der Waals surface area contributed by atoms with Crippen LogP contribution >= 0.6 is 0 Å². The van der Waals surface area contributed by atoms with E-state index in [9.17, 15) is 19.8 Å². The Kier molecular flexibility index (Phi) is 7.92. The summed E-state index contributed by atoms with van der Waals surface area (Å²) >= 11 is 0. The van der Waals surface area contributed by atoms with Gasteiger partial charge in [-0.25, -0.2) is 4.79 Å². The van der Waals surface area contributed by atoms with Crippen LogP contribution in [0.4, 0.5) is 4.79 Å². The number of carbonyl (C=O) groups excluding carboxylic acids is 1. The molecule has 110 valence electrons. The highest BCUT2D eigenvalue weighted by atomic mass is 16.7. The predicted octanol–water partition coefficient (Wildman–Crippen LogP) is -1.08. The van der Waals surface area contributed by atoms with Crippen molar-refractivity contribution < 1.29 is 39.5 Å². The number of rotatable bonds is 9. The van der Waals surface area contributed by atoms with Gasteiger partial charge in [-0.05, 0) is 0 Å². The Morgan fingerprint density at radius 3 is 2.32 bits per heavy atom. The van der Waals surface area contributed by atoms with Crippen molar-refractivity contribution in [3.05, 3.63) is 12.7 Å². The molecule has 0 saturated carbocycles. The lowest BCUT2D eigenvalue weighted by Crippen LogP contribution is -2.51. The highest BCUT2D eigenvalue weighted by Gasteiger charge is 2.39. The van der Waals surface area contributed by atoms with Crippen LogP contribution in [0.15, 0.2) is 12.7 Å². The summed E-state index contributed by atoms with van der Waals surface area (Å²) < 4.78 is 9.18. The maximum absolute atomic E-state index is 11.7. The molecule has 0 aromatic heterocycles. The van der Waals surface area contributed by atoms with Gasteiger partial charge in [-0.2, -0.15) is 0 Å². The SMILES string of the molecule is C=CCC(=O)[C@H](OC)[C@@H](OC(=O)O)[C@@H](O)[C@H](O)CO. The minimum atomic E-state index is -1.81. The number of carboxylic acid groups (broad SMARTS) is 1. The van der Waals surface area contributed by atoms with E-state index in [-0.39, 0.29) is 6.42 Å². The van der Waals surface area contributed by atoms with Gasteiger partial charge in [0.15, 0.2) is 18.0 Å². The Labute approximate surface area is 109 Å². The van der Waals surface area contributed by atoms with Crippen LogP contribution in [-0.4, -0.2) is 70.5 Å². The summed E-state index contributed by atoms with van der Waals surface area (Å²) in [7, 11) is 1.13. The van der Waals surface area contributed by atoms with Crippen molar-refractivity contribution in [1.29, 1.82) is 0 Å². The normalized spacial score (nSPS) is 17.1. The van der Waals surface area contributed by atoms with E-state index in [2.05, 4.69) is 11.3 Å². The van der Waals surface area contributed by atoms with Crippen LogP contribution in [-0.2, 0) is 14.3 Å². The van der Waals surface area contributed by atoms with E-state index in [1.165, 1.54) is 6.08 Å². The standard InChI is InChI=1S/C11H18O8/c1-3-4-6(13)9(18-2)10(19-11(16)17)8(15)7(14)5-12/h3,7-10,12,14-15H,1,4-5H2,2H3,(H,16,17)/t7-,8+,9+,10+/m1/s1. The minimum Gasteiger partial charge on any atom is -0.450 e. The Bertz CT molecular complexity index is 316. The van der Waals surface area contributed by atoms with Crippen molar-refractivity contribution >= 4 is 11.9 Å². The Hall–Kier alpha value is -1.48. The molecule has 0 aliphatic heterocycles. The Balaban J connectivity index is 5.12.